The molecule has 0 radical (unpaired) electrons. The quantitative estimate of drug-likeness (QED) is 0.424. The van der Waals surface area contributed by atoms with Gasteiger partial charge in [0.05, 0.1) is 10.6 Å². The molecule has 0 aliphatic carbocycles. The van der Waals surface area contributed by atoms with Crippen LogP contribution in [0.15, 0.2) is 40.8 Å². The smallest absolute Gasteiger partial charge is 0.378 e. The van der Waals surface area contributed by atoms with Crippen molar-refractivity contribution >= 4 is 26.0 Å². The Balaban J connectivity index is 1.85. The van der Waals surface area contributed by atoms with E-state index in [4.69, 9.17) is 0 Å². The van der Waals surface area contributed by atoms with Crippen LogP contribution in [-0.2, 0) is 6.18 Å². The highest BCUT2D eigenvalue weighted by atomic mass is 32.2. The van der Waals surface area contributed by atoms with Crippen molar-refractivity contribution < 1.29 is 26.3 Å². The molecule has 0 bridgehead atoms. The van der Waals surface area contributed by atoms with Gasteiger partial charge in [0.1, 0.15) is 0 Å². The summed E-state index contributed by atoms with van der Waals surface area (Å²) >= 11 is 1.63. The summed E-state index contributed by atoms with van der Waals surface area (Å²) in [7, 11) is 0.376. The molecule has 3 rings (SSSR count). The second-order valence-corrected chi connectivity index (χ2v) is 9.91. The molecule has 0 saturated heterocycles. The molecule has 27 heavy (non-hydrogen) atoms. The van der Waals surface area contributed by atoms with Crippen LogP contribution < -0.4 is 5.32 Å². The molecule has 1 nitrogen and oxygen atoms in total. The molecule has 2 aliphatic heterocycles. The van der Waals surface area contributed by atoms with Crippen LogP contribution in [-0.4, -0.2) is 17.0 Å². The number of fused-ring (bicyclic) bond motifs is 1. The van der Waals surface area contributed by atoms with Gasteiger partial charge in [-0.1, -0.05) is 20.7 Å². The Morgan fingerprint density at radius 1 is 1.15 bits per heavy atom. The fourth-order valence-electron chi connectivity index (χ4n) is 3.15. The van der Waals surface area contributed by atoms with E-state index < -0.39 is 24.3 Å². The lowest BCUT2D eigenvalue weighted by Crippen LogP contribution is -2.31. The summed E-state index contributed by atoms with van der Waals surface area (Å²) in [6.45, 7) is 1.93. The van der Waals surface area contributed by atoms with E-state index in [2.05, 4.69) is 5.32 Å². The molecular formula is C18H18F6NPS. The van der Waals surface area contributed by atoms with Gasteiger partial charge in [-0.05, 0) is 54.0 Å². The first-order chi connectivity index (χ1) is 12.5. The fourth-order valence-corrected chi connectivity index (χ4v) is 6.72. The van der Waals surface area contributed by atoms with Crippen molar-refractivity contribution in [3.8, 4) is 0 Å². The van der Waals surface area contributed by atoms with Crippen molar-refractivity contribution in [2.24, 2.45) is 0 Å². The molecule has 1 aromatic rings. The van der Waals surface area contributed by atoms with Gasteiger partial charge < -0.3 is 5.32 Å². The average molecular weight is 425 g/mol. The topological polar surface area (TPSA) is 12.0 Å². The van der Waals surface area contributed by atoms with E-state index in [9.17, 15) is 26.3 Å². The molecule has 2 heterocycles. The van der Waals surface area contributed by atoms with Crippen molar-refractivity contribution in [3.63, 3.8) is 0 Å². The maximum atomic E-state index is 13.1. The molecule has 1 aromatic carbocycles. The fraction of sp³-hybridized carbons (Fsp3) is 0.444. The largest absolute Gasteiger partial charge is 0.416 e. The second kappa shape index (κ2) is 7.70. The molecule has 0 spiro atoms. The zero-order chi connectivity index (χ0) is 19.8. The summed E-state index contributed by atoms with van der Waals surface area (Å²) in [5.41, 5.74) is 1.22. The first kappa shape index (κ1) is 20.6. The number of halogens is 6. The van der Waals surface area contributed by atoms with Gasteiger partial charge in [-0.25, -0.2) is 0 Å². The molecule has 2 aliphatic rings. The van der Waals surface area contributed by atoms with Crippen LogP contribution in [0.2, 0.25) is 0 Å². The van der Waals surface area contributed by atoms with Crippen LogP contribution in [0, 0.1) is 0 Å². The molecule has 1 N–H and O–H groups in total. The lowest BCUT2D eigenvalue weighted by molar-refractivity contribution is -0.137. The zero-order valence-corrected chi connectivity index (χ0v) is 16.2. The third kappa shape index (κ3) is 5.23. The number of hydrogen-bond donors (Lipinski definition) is 1. The summed E-state index contributed by atoms with van der Waals surface area (Å²) in [4.78, 5) is 1.15. The Hall–Kier alpha value is -1.14. The number of thioether (sulfide) groups is 1. The van der Waals surface area contributed by atoms with Crippen molar-refractivity contribution in [3.05, 3.63) is 51.9 Å². The molecule has 0 aromatic heterocycles. The van der Waals surface area contributed by atoms with Crippen molar-refractivity contribution in [1.82, 2.24) is 5.32 Å². The minimum Gasteiger partial charge on any atom is -0.378 e. The third-order valence-electron chi connectivity index (χ3n) is 4.34. The van der Waals surface area contributed by atoms with Crippen LogP contribution in [0.5, 0.6) is 0 Å². The van der Waals surface area contributed by atoms with Gasteiger partial charge in [-0.2, -0.15) is 26.3 Å². The summed E-state index contributed by atoms with van der Waals surface area (Å²) < 4.78 is 76.5. The van der Waals surface area contributed by atoms with Crippen LogP contribution >= 0.6 is 20.3 Å². The molecule has 3 atom stereocenters. The minimum absolute atomic E-state index is 0.00314. The zero-order valence-electron chi connectivity index (χ0n) is 14.3. The Labute approximate surface area is 159 Å². The molecule has 0 fully saturated rings. The summed E-state index contributed by atoms with van der Waals surface area (Å²) in [6.07, 6.45) is -7.19. The summed E-state index contributed by atoms with van der Waals surface area (Å²) in [6, 6.07) is 5.08. The molecule has 9 heteroatoms. The lowest BCUT2D eigenvalue weighted by atomic mass is 10.0. The highest BCUT2D eigenvalue weighted by molar-refractivity contribution is 8.08. The SMILES string of the molecule is CC1=CC2=C(c3cccc(C(F)(F)F)c3)NC(CCCC(F)(F)F)PC2S1. The number of rotatable bonds is 4. The van der Waals surface area contributed by atoms with E-state index in [-0.39, 0.29) is 17.2 Å². The Morgan fingerprint density at radius 2 is 1.89 bits per heavy atom. The maximum absolute atomic E-state index is 13.1. The van der Waals surface area contributed by atoms with Gasteiger partial charge in [0.15, 0.2) is 0 Å². The van der Waals surface area contributed by atoms with Gasteiger partial charge in [-0.15, -0.1) is 11.8 Å². The number of nitrogens with one attached hydrogen (secondary N) is 1. The van der Waals surface area contributed by atoms with Gasteiger partial charge in [0, 0.05) is 17.9 Å². The van der Waals surface area contributed by atoms with Crippen molar-refractivity contribution in [1.29, 1.82) is 0 Å². The average Bonchev–Trinajstić information content (AvgIpc) is 2.92. The van der Waals surface area contributed by atoms with E-state index in [0.717, 1.165) is 22.6 Å². The molecule has 148 valence electrons. The standard InChI is InChI=1S/C18H18F6NPS/c1-10-8-13-15(11-4-2-5-12(9-11)18(22,23)24)25-14(26-16(13)27-10)6-3-7-17(19,20)21/h2,4-5,8-9,14,16,25-26H,3,6-7H2,1H3. The van der Waals surface area contributed by atoms with Crippen LogP contribution in [0.1, 0.15) is 37.3 Å². The number of hydrogen-bond acceptors (Lipinski definition) is 2. The first-order valence-electron chi connectivity index (χ1n) is 8.39. The van der Waals surface area contributed by atoms with E-state index in [1.165, 1.54) is 6.07 Å². The van der Waals surface area contributed by atoms with Crippen LogP contribution in [0.25, 0.3) is 5.70 Å². The Kier molecular flexibility index (Phi) is 5.88. The molecular weight excluding hydrogens is 407 g/mol. The van der Waals surface area contributed by atoms with E-state index >= 15 is 0 Å². The van der Waals surface area contributed by atoms with Gasteiger partial charge >= 0.3 is 12.4 Å². The van der Waals surface area contributed by atoms with E-state index in [1.54, 1.807) is 17.8 Å². The molecule has 3 unspecified atom stereocenters. The van der Waals surface area contributed by atoms with Crippen molar-refractivity contribution in [2.75, 3.05) is 0 Å². The highest BCUT2D eigenvalue weighted by Crippen LogP contribution is 2.52. The monoisotopic (exact) mass is 425 g/mol. The maximum Gasteiger partial charge on any atom is 0.416 e. The predicted octanol–water partition coefficient (Wildman–Crippen LogP) is 6.73. The minimum atomic E-state index is -4.45. The molecule has 0 saturated carbocycles. The Morgan fingerprint density at radius 3 is 2.56 bits per heavy atom. The van der Waals surface area contributed by atoms with E-state index in [0.29, 0.717) is 26.3 Å². The number of alkyl halides is 6. The predicted molar refractivity (Wildman–Crippen MR) is 98.6 cm³/mol. The van der Waals surface area contributed by atoms with Crippen LogP contribution in [0.4, 0.5) is 26.3 Å². The second-order valence-electron chi connectivity index (χ2n) is 6.53. The summed E-state index contributed by atoms with van der Waals surface area (Å²) in [5.74, 6) is -0.169. The van der Waals surface area contributed by atoms with Gasteiger partial charge in [0.25, 0.3) is 0 Å². The first-order valence-corrected chi connectivity index (χ1v) is 10.4. The van der Waals surface area contributed by atoms with Crippen molar-refractivity contribution in [2.45, 2.75) is 49.3 Å². The lowest BCUT2D eigenvalue weighted by Gasteiger charge is -2.32. The van der Waals surface area contributed by atoms with Gasteiger partial charge in [0.2, 0.25) is 0 Å². The van der Waals surface area contributed by atoms with E-state index in [1.807, 2.05) is 13.0 Å². The molecule has 0 amide bonds. The Bertz CT molecular complexity index is 768. The normalized spacial score (nSPS) is 24.0. The number of benzene rings is 1. The van der Waals surface area contributed by atoms with Crippen LogP contribution in [0.3, 0.4) is 0 Å². The van der Waals surface area contributed by atoms with Gasteiger partial charge in [-0.3, -0.25) is 0 Å². The number of allylic oxidation sites excluding steroid dienone is 2. The highest BCUT2D eigenvalue weighted by Gasteiger charge is 2.35. The summed E-state index contributed by atoms with van der Waals surface area (Å²) in [5, 5.41) is 3.23. The third-order valence-corrected chi connectivity index (χ3v) is 7.53.